The van der Waals surface area contributed by atoms with Crippen LogP contribution in [0.1, 0.15) is 32.6 Å². The average Bonchev–Trinajstić information content (AvgIpc) is 3.39. The van der Waals surface area contributed by atoms with Gasteiger partial charge in [-0.1, -0.05) is 0 Å². The van der Waals surface area contributed by atoms with Crippen LogP contribution < -0.4 is 16.0 Å². The van der Waals surface area contributed by atoms with Crippen molar-refractivity contribution in [3.8, 4) is 0 Å². The maximum Gasteiger partial charge on any atom is 0.225 e. The van der Waals surface area contributed by atoms with E-state index in [-0.39, 0.29) is 29.8 Å². The van der Waals surface area contributed by atoms with Gasteiger partial charge in [-0.05, 0) is 50.0 Å². The Morgan fingerprint density at radius 1 is 1.42 bits per heavy atom. The van der Waals surface area contributed by atoms with Crippen LogP contribution >= 0.6 is 23.7 Å². The lowest BCUT2D eigenvalue weighted by Crippen LogP contribution is -2.56. The lowest BCUT2D eigenvalue weighted by Gasteiger charge is -2.36. The third-order valence-corrected chi connectivity index (χ3v) is 6.46. The number of thiophene rings is 1. The minimum absolute atomic E-state index is 0. The van der Waals surface area contributed by atoms with E-state index in [9.17, 15) is 4.79 Å². The Bertz CT molecular complexity index is 780. The molecular weight excluding hydrogens is 370 g/mol. The number of piperidine rings is 1. The van der Waals surface area contributed by atoms with E-state index < -0.39 is 0 Å². The fourth-order valence-electron chi connectivity index (χ4n) is 3.84. The van der Waals surface area contributed by atoms with Gasteiger partial charge in [-0.2, -0.15) is 0 Å². The van der Waals surface area contributed by atoms with Gasteiger partial charge in [0.05, 0.1) is 16.8 Å². The summed E-state index contributed by atoms with van der Waals surface area (Å²) in [6.07, 6.45) is 5.88. The molecule has 3 heterocycles. The molecule has 2 aromatic rings. The van der Waals surface area contributed by atoms with E-state index in [1.165, 1.54) is 12.8 Å². The minimum atomic E-state index is -0.255. The average molecular weight is 396 g/mol. The summed E-state index contributed by atoms with van der Waals surface area (Å²) in [7, 11) is 0. The second kappa shape index (κ2) is 7.66. The van der Waals surface area contributed by atoms with Crippen molar-refractivity contribution in [2.75, 3.05) is 24.5 Å². The molecule has 2 aromatic heterocycles. The van der Waals surface area contributed by atoms with Crippen LogP contribution in [0.15, 0.2) is 17.8 Å². The highest BCUT2D eigenvalue weighted by Crippen LogP contribution is 2.39. The molecule has 1 aliphatic carbocycles. The molecular formula is C18H26ClN5OS. The highest BCUT2D eigenvalue weighted by molar-refractivity contribution is 7.16. The van der Waals surface area contributed by atoms with Crippen molar-refractivity contribution >= 4 is 45.7 Å². The van der Waals surface area contributed by atoms with Crippen molar-refractivity contribution in [3.05, 3.63) is 17.8 Å². The zero-order chi connectivity index (χ0) is 17.4. The van der Waals surface area contributed by atoms with Crippen molar-refractivity contribution in [2.45, 2.75) is 38.1 Å². The van der Waals surface area contributed by atoms with E-state index in [4.69, 9.17) is 5.73 Å². The number of halogens is 1. The molecule has 2 atom stereocenters. The highest BCUT2D eigenvalue weighted by Gasteiger charge is 2.42. The molecule has 0 spiro atoms. The van der Waals surface area contributed by atoms with Gasteiger partial charge in [0.1, 0.15) is 17.0 Å². The molecule has 8 heteroatoms. The van der Waals surface area contributed by atoms with Crippen LogP contribution in [-0.4, -0.2) is 41.0 Å². The van der Waals surface area contributed by atoms with Crippen LogP contribution in [0.25, 0.3) is 10.2 Å². The highest BCUT2D eigenvalue weighted by atomic mass is 35.5. The van der Waals surface area contributed by atoms with Crippen LogP contribution in [0.5, 0.6) is 0 Å². The number of fused-ring (bicyclic) bond motifs is 1. The minimum Gasteiger partial charge on any atom is -0.355 e. The third-order valence-electron chi connectivity index (χ3n) is 5.64. The fourth-order valence-corrected chi connectivity index (χ4v) is 4.56. The fraction of sp³-hybridized carbons (Fsp3) is 0.611. The summed E-state index contributed by atoms with van der Waals surface area (Å²) >= 11 is 1.62. The van der Waals surface area contributed by atoms with Crippen molar-refractivity contribution in [1.82, 2.24) is 15.3 Å². The smallest absolute Gasteiger partial charge is 0.225 e. The summed E-state index contributed by atoms with van der Waals surface area (Å²) in [6, 6.07) is 2.07. The summed E-state index contributed by atoms with van der Waals surface area (Å²) in [4.78, 5) is 24.9. The first-order valence-electron chi connectivity index (χ1n) is 9.06. The lowest BCUT2D eigenvalue weighted by atomic mass is 9.92. The molecule has 1 saturated carbocycles. The van der Waals surface area contributed by atoms with E-state index >= 15 is 0 Å². The number of nitrogens with zero attached hydrogens (tertiary/aromatic N) is 3. The van der Waals surface area contributed by atoms with E-state index in [0.717, 1.165) is 35.4 Å². The molecule has 1 aliphatic heterocycles. The number of rotatable bonds is 5. The Balaban J connectivity index is 0.00000196. The Labute approximate surface area is 164 Å². The quantitative estimate of drug-likeness (QED) is 0.812. The zero-order valence-electron chi connectivity index (χ0n) is 15.0. The Kier molecular flexibility index (Phi) is 5.69. The topological polar surface area (TPSA) is 84.1 Å². The van der Waals surface area contributed by atoms with Gasteiger partial charge in [0, 0.05) is 19.6 Å². The van der Waals surface area contributed by atoms with Gasteiger partial charge in [-0.15, -0.1) is 23.7 Å². The number of anilines is 1. The Hall–Kier alpha value is -1.44. The molecule has 1 saturated heterocycles. The molecule has 0 radical (unpaired) electrons. The third kappa shape index (κ3) is 3.66. The van der Waals surface area contributed by atoms with Crippen LogP contribution in [0.2, 0.25) is 0 Å². The van der Waals surface area contributed by atoms with Gasteiger partial charge in [0.2, 0.25) is 5.91 Å². The van der Waals surface area contributed by atoms with Gasteiger partial charge >= 0.3 is 0 Å². The maximum absolute atomic E-state index is 12.9. The molecule has 6 nitrogen and oxygen atoms in total. The molecule has 2 aliphatic rings. The van der Waals surface area contributed by atoms with Crippen molar-refractivity contribution < 1.29 is 4.79 Å². The monoisotopic (exact) mass is 395 g/mol. The molecule has 142 valence electrons. The van der Waals surface area contributed by atoms with Crippen LogP contribution in [-0.2, 0) is 4.79 Å². The van der Waals surface area contributed by atoms with E-state index in [2.05, 4.69) is 33.2 Å². The summed E-state index contributed by atoms with van der Waals surface area (Å²) in [5, 5.41) is 6.38. The summed E-state index contributed by atoms with van der Waals surface area (Å²) in [5.41, 5.74) is 5.70. The molecule has 2 unspecified atom stereocenters. The number of nitrogens with one attached hydrogen (secondary N) is 1. The van der Waals surface area contributed by atoms with Crippen LogP contribution in [0.4, 0.5) is 5.82 Å². The molecule has 0 bridgehead atoms. The lowest BCUT2D eigenvalue weighted by molar-refractivity contribution is -0.127. The van der Waals surface area contributed by atoms with E-state index in [1.54, 1.807) is 17.7 Å². The number of aromatic nitrogens is 2. The number of amides is 1. The number of carbonyl (C=O) groups excluding carboxylic acids is 1. The molecule has 3 N–H and O–H groups in total. The molecule has 1 amide bonds. The Morgan fingerprint density at radius 3 is 2.96 bits per heavy atom. The molecule has 2 fully saturated rings. The van der Waals surface area contributed by atoms with Crippen molar-refractivity contribution in [1.29, 1.82) is 0 Å². The van der Waals surface area contributed by atoms with Crippen molar-refractivity contribution in [3.63, 3.8) is 0 Å². The first kappa shape index (κ1) is 19.3. The van der Waals surface area contributed by atoms with Gasteiger partial charge in [0.25, 0.3) is 0 Å². The number of nitrogens with two attached hydrogens (primary N) is 1. The Morgan fingerprint density at radius 2 is 2.23 bits per heavy atom. The molecule has 0 aromatic carbocycles. The number of carbonyl (C=O) groups is 1. The molecule has 26 heavy (non-hydrogen) atoms. The van der Waals surface area contributed by atoms with Gasteiger partial charge in [0.15, 0.2) is 0 Å². The normalized spacial score (nSPS) is 22.5. The second-order valence-electron chi connectivity index (χ2n) is 7.51. The van der Waals surface area contributed by atoms with E-state index in [0.29, 0.717) is 19.0 Å². The first-order chi connectivity index (χ1) is 12.1. The van der Waals surface area contributed by atoms with E-state index in [1.807, 2.05) is 5.38 Å². The first-order valence-corrected chi connectivity index (χ1v) is 9.94. The van der Waals surface area contributed by atoms with Gasteiger partial charge < -0.3 is 16.0 Å². The second-order valence-corrected chi connectivity index (χ2v) is 8.40. The summed E-state index contributed by atoms with van der Waals surface area (Å²) < 4.78 is 0. The van der Waals surface area contributed by atoms with Crippen LogP contribution in [0, 0.1) is 11.8 Å². The standard InChI is InChI=1S/C18H25N5OS.ClH/c1-18(10-19,13-4-5-13)22-16(24)12-3-2-7-23(9-12)15-14-6-8-25-17(14)21-11-20-15;/h6,8,11-13H,2-5,7,9-10,19H2,1H3,(H,22,24);1H. The van der Waals surface area contributed by atoms with Crippen LogP contribution in [0.3, 0.4) is 0 Å². The number of hydrogen-bond donors (Lipinski definition) is 2. The summed E-state index contributed by atoms with van der Waals surface area (Å²) in [6.45, 7) is 4.23. The molecule has 4 rings (SSSR count). The van der Waals surface area contributed by atoms with Gasteiger partial charge in [-0.3, -0.25) is 4.79 Å². The van der Waals surface area contributed by atoms with Crippen molar-refractivity contribution in [2.24, 2.45) is 17.6 Å². The SMILES string of the molecule is CC(CN)(NC(=O)C1CCCN(c2ncnc3sccc23)C1)C1CC1.Cl. The zero-order valence-corrected chi connectivity index (χ0v) is 16.6. The predicted octanol–water partition coefficient (Wildman–Crippen LogP) is 2.57. The maximum atomic E-state index is 12.9. The largest absolute Gasteiger partial charge is 0.355 e. The number of hydrogen-bond acceptors (Lipinski definition) is 6. The summed E-state index contributed by atoms with van der Waals surface area (Å²) in [5.74, 6) is 1.61. The predicted molar refractivity (Wildman–Crippen MR) is 108 cm³/mol. The van der Waals surface area contributed by atoms with Gasteiger partial charge in [-0.25, -0.2) is 9.97 Å².